The predicted octanol–water partition coefficient (Wildman–Crippen LogP) is 2.99. The number of esters is 2. The Morgan fingerprint density at radius 3 is 1.83 bits per heavy atom. The Kier molecular flexibility index (Phi) is 7.08. The van der Waals surface area contributed by atoms with Gasteiger partial charge >= 0.3 is 11.9 Å². The fraction of sp³-hybridized carbons (Fsp3) is 0.350. The molecule has 156 valence electrons. The quantitative estimate of drug-likeness (QED) is 0.729. The van der Waals surface area contributed by atoms with Crippen molar-refractivity contribution in [3.63, 3.8) is 0 Å². The van der Waals surface area contributed by atoms with Gasteiger partial charge in [0.05, 0.1) is 24.4 Å². The van der Waals surface area contributed by atoms with Crippen LogP contribution in [0.5, 0.6) is 0 Å². The Morgan fingerprint density at radius 2 is 1.41 bits per heavy atom. The van der Waals surface area contributed by atoms with Crippen LogP contribution in [0.15, 0.2) is 40.7 Å². The molecule has 9 heteroatoms. The standard InChI is InChI=1S/C20H22F2N2O5/c1-5-28-19(26)13-10-14(20(27)29-6-2)12(4)24(11(13)3)23-18(25)17-15(21)8-7-9-16(17)22/h7-9H,5-6,10H2,1-4H3,(H,23,25). The highest BCUT2D eigenvalue weighted by Gasteiger charge is 2.32. The van der Waals surface area contributed by atoms with Gasteiger partial charge in [-0.1, -0.05) is 6.07 Å². The van der Waals surface area contributed by atoms with Gasteiger partial charge in [0.15, 0.2) is 0 Å². The van der Waals surface area contributed by atoms with Crippen LogP contribution in [0, 0.1) is 11.6 Å². The van der Waals surface area contributed by atoms with Gasteiger partial charge in [0.25, 0.3) is 5.91 Å². The Balaban J connectivity index is 2.48. The number of allylic oxidation sites excluding steroid dienone is 2. The van der Waals surface area contributed by atoms with E-state index in [4.69, 9.17) is 9.47 Å². The van der Waals surface area contributed by atoms with Crippen molar-refractivity contribution < 1.29 is 32.6 Å². The molecule has 7 nitrogen and oxygen atoms in total. The third-order valence-electron chi connectivity index (χ3n) is 4.34. The van der Waals surface area contributed by atoms with Crippen LogP contribution in [0.2, 0.25) is 0 Å². The minimum Gasteiger partial charge on any atom is -0.463 e. The predicted molar refractivity (Wildman–Crippen MR) is 98.9 cm³/mol. The number of carbonyl (C=O) groups excluding carboxylic acids is 3. The molecule has 1 aromatic carbocycles. The molecule has 1 aromatic rings. The van der Waals surface area contributed by atoms with E-state index < -0.39 is 35.0 Å². The maximum Gasteiger partial charge on any atom is 0.336 e. The first kappa shape index (κ1) is 22.1. The van der Waals surface area contributed by atoms with Crippen molar-refractivity contribution >= 4 is 17.8 Å². The van der Waals surface area contributed by atoms with Crippen LogP contribution in [-0.4, -0.2) is 36.1 Å². The number of hydrogen-bond acceptors (Lipinski definition) is 6. The first-order valence-electron chi connectivity index (χ1n) is 9.01. The molecule has 0 saturated carbocycles. The molecule has 1 amide bonds. The number of hydrogen-bond donors (Lipinski definition) is 1. The van der Waals surface area contributed by atoms with Crippen molar-refractivity contribution in [2.24, 2.45) is 0 Å². The van der Waals surface area contributed by atoms with E-state index in [1.165, 1.54) is 13.8 Å². The molecule has 0 aromatic heterocycles. The maximum atomic E-state index is 14.0. The number of halogens is 2. The highest BCUT2D eigenvalue weighted by Crippen LogP contribution is 2.31. The maximum absolute atomic E-state index is 14.0. The Hall–Kier alpha value is -3.23. The zero-order valence-corrected chi connectivity index (χ0v) is 16.6. The molecule has 0 unspecified atom stereocenters. The number of benzene rings is 1. The monoisotopic (exact) mass is 408 g/mol. The Morgan fingerprint density at radius 1 is 0.966 bits per heavy atom. The highest BCUT2D eigenvalue weighted by molar-refractivity contribution is 5.98. The van der Waals surface area contributed by atoms with E-state index in [0.29, 0.717) is 0 Å². The summed E-state index contributed by atoms with van der Waals surface area (Å²) in [6.45, 7) is 6.53. The van der Waals surface area contributed by atoms with E-state index in [0.717, 1.165) is 23.2 Å². The summed E-state index contributed by atoms with van der Waals surface area (Å²) in [5.74, 6) is -4.50. The number of ether oxygens (including phenoxy) is 2. The zero-order chi connectivity index (χ0) is 21.7. The average Bonchev–Trinajstić information content (AvgIpc) is 2.65. The van der Waals surface area contributed by atoms with Crippen molar-refractivity contribution in [2.75, 3.05) is 13.2 Å². The van der Waals surface area contributed by atoms with E-state index in [9.17, 15) is 23.2 Å². The molecule has 0 atom stereocenters. The average molecular weight is 408 g/mol. The third-order valence-corrected chi connectivity index (χ3v) is 4.34. The first-order valence-corrected chi connectivity index (χ1v) is 9.01. The minimum absolute atomic E-state index is 0.0598. The smallest absolute Gasteiger partial charge is 0.336 e. The number of rotatable bonds is 6. The van der Waals surface area contributed by atoms with Crippen molar-refractivity contribution in [3.8, 4) is 0 Å². The van der Waals surface area contributed by atoms with Crippen molar-refractivity contribution in [1.82, 2.24) is 10.4 Å². The van der Waals surface area contributed by atoms with Crippen LogP contribution in [0.1, 0.15) is 44.5 Å². The summed E-state index contributed by atoms with van der Waals surface area (Å²) in [7, 11) is 0. The zero-order valence-electron chi connectivity index (χ0n) is 16.6. The van der Waals surface area contributed by atoms with Gasteiger partial charge in [0.1, 0.15) is 17.2 Å². The molecular weight excluding hydrogens is 386 g/mol. The van der Waals surface area contributed by atoms with Crippen molar-refractivity contribution in [1.29, 1.82) is 0 Å². The molecule has 1 aliphatic heterocycles. The summed E-state index contributed by atoms with van der Waals surface area (Å²) in [6, 6.07) is 3.04. The molecule has 2 rings (SSSR count). The van der Waals surface area contributed by atoms with E-state index in [2.05, 4.69) is 5.43 Å². The van der Waals surface area contributed by atoms with Crippen LogP contribution in [0.3, 0.4) is 0 Å². The van der Waals surface area contributed by atoms with E-state index in [1.807, 2.05) is 0 Å². The Bertz CT molecular complexity index is 848. The molecule has 1 heterocycles. The largest absolute Gasteiger partial charge is 0.463 e. The van der Waals surface area contributed by atoms with E-state index in [1.54, 1.807) is 13.8 Å². The third kappa shape index (κ3) is 4.61. The highest BCUT2D eigenvalue weighted by atomic mass is 19.1. The SMILES string of the molecule is CCOC(=O)C1=C(C)N(NC(=O)c2c(F)cccc2F)C(C)=C(C(=O)OCC)C1. The lowest BCUT2D eigenvalue weighted by Crippen LogP contribution is -2.44. The molecule has 0 radical (unpaired) electrons. The van der Waals surface area contributed by atoms with Crippen LogP contribution in [0.4, 0.5) is 8.78 Å². The van der Waals surface area contributed by atoms with Crippen LogP contribution >= 0.6 is 0 Å². The van der Waals surface area contributed by atoms with Gasteiger partial charge in [-0.3, -0.25) is 15.2 Å². The summed E-state index contributed by atoms with van der Waals surface area (Å²) in [6.07, 6.45) is -0.0598. The number of amides is 1. The lowest BCUT2D eigenvalue weighted by Gasteiger charge is -2.33. The Labute approximate surface area is 166 Å². The second-order valence-corrected chi connectivity index (χ2v) is 6.12. The lowest BCUT2D eigenvalue weighted by atomic mass is 9.97. The number of nitrogens with one attached hydrogen (secondary N) is 1. The van der Waals surface area contributed by atoms with Crippen molar-refractivity contribution in [2.45, 2.75) is 34.1 Å². The normalized spacial score (nSPS) is 14.1. The summed E-state index contributed by atoms with van der Waals surface area (Å²) < 4.78 is 38.0. The van der Waals surface area contributed by atoms with Gasteiger partial charge in [-0.05, 0) is 39.8 Å². The number of hydrazine groups is 1. The summed E-state index contributed by atoms with van der Waals surface area (Å²) in [5, 5.41) is 1.14. The molecular formula is C20H22F2N2O5. The molecule has 0 spiro atoms. The van der Waals surface area contributed by atoms with Crippen LogP contribution in [-0.2, 0) is 19.1 Å². The lowest BCUT2D eigenvalue weighted by molar-refractivity contribution is -0.139. The molecule has 29 heavy (non-hydrogen) atoms. The first-order chi connectivity index (χ1) is 13.7. The fourth-order valence-electron chi connectivity index (χ4n) is 2.87. The minimum atomic E-state index is -1.08. The summed E-state index contributed by atoms with van der Waals surface area (Å²) in [4.78, 5) is 37.2. The van der Waals surface area contributed by atoms with Crippen LogP contribution < -0.4 is 5.43 Å². The molecule has 1 N–H and O–H groups in total. The molecule has 0 bridgehead atoms. The topological polar surface area (TPSA) is 84.9 Å². The van der Waals surface area contributed by atoms with E-state index >= 15 is 0 Å². The number of nitrogens with zero attached hydrogens (tertiary/aromatic N) is 1. The van der Waals surface area contributed by atoms with Crippen molar-refractivity contribution in [3.05, 3.63) is 57.9 Å². The molecule has 0 aliphatic carbocycles. The summed E-state index contributed by atoms with van der Waals surface area (Å²) >= 11 is 0. The second-order valence-electron chi connectivity index (χ2n) is 6.12. The van der Waals surface area contributed by atoms with Gasteiger partial charge in [-0.2, -0.15) is 0 Å². The molecule has 1 aliphatic rings. The fourth-order valence-corrected chi connectivity index (χ4v) is 2.87. The second kappa shape index (κ2) is 9.31. The van der Waals surface area contributed by atoms with Gasteiger partial charge in [-0.15, -0.1) is 0 Å². The molecule has 0 saturated heterocycles. The van der Waals surface area contributed by atoms with Gasteiger partial charge in [-0.25, -0.2) is 18.4 Å². The van der Waals surface area contributed by atoms with Crippen LogP contribution in [0.25, 0.3) is 0 Å². The summed E-state index contributed by atoms with van der Waals surface area (Å²) in [5.41, 5.74) is 2.34. The number of carbonyl (C=O) groups is 3. The van der Waals surface area contributed by atoms with Gasteiger partial charge in [0.2, 0.25) is 0 Å². The molecule has 0 fully saturated rings. The van der Waals surface area contributed by atoms with Gasteiger partial charge in [0, 0.05) is 17.8 Å². The van der Waals surface area contributed by atoms with Gasteiger partial charge < -0.3 is 9.47 Å². The van der Waals surface area contributed by atoms with E-state index in [-0.39, 0.29) is 42.2 Å².